The van der Waals surface area contributed by atoms with Gasteiger partial charge in [0.15, 0.2) is 5.78 Å². The number of benzene rings is 3. The van der Waals surface area contributed by atoms with E-state index in [-0.39, 0.29) is 29.7 Å². The summed E-state index contributed by atoms with van der Waals surface area (Å²) in [5.41, 5.74) is 4.59. The molecule has 1 N–H and O–H groups in total. The van der Waals surface area contributed by atoms with Crippen molar-refractivity contribution in [2.24, 2.45) is 5.92 Å². The average Bonchev–Trinajstić information content (AvgIpc) is 3.33. The largest absolute Gasteiger partial charge is 0.466 e. The van der Waals surface area contributed by atoms with Crippen molar-refractivity contribution >= 4 is 39.9 Å². The third kappa shape index (κ3) is 8.59. The van der Waals surface area contributed by atoms with Gasteiger partial charge in [0, 0.05) is 58.1 Å². The van der Waals surface area contributed by atoms with Gasteiger partial charge in [-0.3, -0.25) is 14.4 Å². The van der Waals surface area contributed by atoms with Crippen LogP contribution in [0.5, 0.6) is 0 Å². The van der Waals surface area contributed by atoms with Crippen LogP contribution in [0, 0.1) is 5.92 Å². The molecule has 4 aromatic rings. The van der Waals surface area contributed by atoms with E-state index in [2.05, 4.69) is 31.3 Å². The summed E-state index contributed by atoms with van der Waals surface area (Å²) in [5.74, 6) is 0.123. The molecule has 0 spiro atoms. The van der Waals surface area contributed by atoms with E-state index in [0.717, 1.165) is 28.7 Å². The fraction of sp³-hybridized carbons (Fsp3) is 0.378. The van der Waals surface area contributed by atoms with Gasteiger partial charge in [0.25, 0.3) is 0 Å². The molecule has 0 saturated carbocycles. The molecule has 7 heteroatoms. The molecule has 0 aliphatic heterocycles. The van der Waals surface area contributed by atoms with E-state index < -0.39 is 0 Å². The number of rotatable bonds is 13. The molecular weight excluding hydrogens is 550 g/mol. The molecule has 4 rings (SSSR count). The lowest BCUT2D eigenvalue weighted by Gasteiger charge is -2.28. The number of carbonyl (C=O) groups excluding carboxylic acids is 3. The van der Waals surface area contributed by atoms with Crippen LogP contribution >= 0.6 is 0 Å². The molecule has 0 unspecified atom stereocenters. The van der Waals surface area contributed by atoms with Crippen molar-refractivity contribution in [1.82, 2.24) is 9.88 Å². The van der Waals surface area contributed by atoms with E-state index in [1.54, 1.807) is 6.92 Å². The van der Waals surface area contributed by atoms with Crippen molar-refractivity contribution in [2.75, 3.05) is 18.1 Å². The second kappa shape index (κ2) is 14.4. The zero-order valence-electron chi connectivity index (χ0n) is 26.9. The molecule has 0 bridgehead atoms. The molecular formula is C37H45N3O4. The molecule has 1 heterocycles. The Morgan fingerprint density at radius 3 is 2.34 bits per heavy atom. The van der Waals surface area contributed by atoms with Crippen LogP contribution in [-0.4, -0.2) is 40.9 Å². The van der Waals surface area contributed by atoms with Crippen molar-refractivity contribution in [3.8, 4) is 0 Å². The number of amides is 1. The van der Waals surface area contributed by atoms with Crippen LogP contribution in [0.2, 0.25) is 0 Å². The number of aryl methyl sites for hydroxylation is 1. The minimum absolute atomic E-state index is 0.0985. The summed E-state index contributed by atoms with van der Waals surface area (Å²) in [7, 11) is 0. The highest BCUT2D eigenvalue weighted by Gasteiger charge is 2.21. The van der Waals surface area contributed by atoms with Gasteiger partial charge in [-0.1, -0.05) is 56.3 Å². The maximum absolute atomic E-state index is 14.0. The fourth-order valence-electron chi connectivity index (χ4n) is 5.43. The van der Waals surface area contributed by atoms with Gasteiger partial charge in [0.2, 0.25) is 5.91 Å². The van der Waals surface area contributed by atoms with Crippen LogP contribution in [0.4, 0.5) is 11.4 Å². The van der Waals surface area contributed by atoms with Crippen LogP contribution in [0.1, 0.15) is 75.9 Å². The van der Waals surface area contributed by atoms with E-state index in [0.29, 0.717) is 43.0 Å². The van der Waals surface area contributed by atoms with E-state index in [1.165, 1.54) is 5.56 Å². The molecule has 0 saturated heterocycles. The number of hydrogen-bond acceptors (Lipinski definition) is 5. The Morgan fingerprint density at radius 2 is 1.66 bits per heavy atom. The maximum Gasteiger partial charge on any atom is 0.305 e. The van der Waals surface area contributed by atoms with Gasteiger partial charge < -0.3 is 19.5 Å². The van der Waals surface area contributed by atoms with E-state index >= 15 is 0 Å². The summed E-state index contributed by atoms with van der Waals surface area (Å²) < 4.78 is 7.10. The summed E-state index contributed by atoms with van der Waals surface area (Å²) in [5, 5.41) is 3.93. The van der Waals surface area contributed by atoms with Gasteiger partial charge in [0.1, 0.15) is 6.54 Å². The number of nitrogens with one attached hydrogen (secondary N) is 1. The first-order valence-corrected chi connectivity index (χ1v) is 15.5. The highest BCUT2D eigenvalue weighted by atomic mass is 16.5. The summed E-state index contributed by atoms with van der Waals surface area (Å²) in [4.78, 5) is 41.0. The third-order valence-corrected chi connectivity index (χ3v) is 7.25. The number of esters is 1. The number of aromatic nitrogens is 1. The number of para-hydroxylation sites is 1. The van der Waals surface area contributed by atoms with Gasteiger partial charge in [-0.2, -0.15) is 0 Å². The Hall–Kier alpha value is -4.39. The molecule has 0 aliphatic carbocycles. The lowest BCUT2D eigenvalue weighted by molar-refractivity contribution is -0.143. The third-order valence-electron chi connectivity index (χ3n) is 7.25. The van der Waals surface area contributed by atoms with Crippen LogP contribution in [-0.2, 0) is 27.3 Å². The predicted molar refractivity (Wildman–Crippen MR) is 178 cm³/mol. The Balaban J connectivity index is 1.65. The number of carbonyl (C=O) groups is 3. The molecule has 0 aliphatic rings. The number of nitrogens with zero attached hydrogens (tertiary/aromatic N) is 2. The van der Waals surface area contributed by atoms with Crippen LogP contribution in [0.25, 0.3) is 10.9 Å². The van der Waals surface area contributed by atoms with E-state index in [4.69, 9.17) is 4.74 Å². The number of hydrogen-bond donors (Lipinski definition) is 1. The maximum atomic E-state index is 14.0. The molecule has 44 heavy (non-hydrogen) atoms. The van der Waals surface area contributed by atoms with Gasteiger partial charge in [-0.25, -0.2) is 0 Å². The average molecular weight is 596 g/mol. The van der Waals surface area contributed by atoms with Gasteiger partial charge >= 0.3 is 5.97 Å². The van der Waals surface area contributed by atoms with Crippen molar-refractivity contribution in [1.29, 1.82) is 0 Å². The van der Waals surface area contributed by atoms with E-state index in [9.17, 15) is 14.4 Å². The predicted octanol–water partition coefficient (Wildman–Crippen LogP) is 7.47. The first-order valence-electron chi connectivity index (χ1n) is 15.5. The minimum Gasteiger partial charge on any atom is -0.466 e. The zero-order valence-corrected chi connectivity index (χ0v) is 26.9. The fourth-order valence-corrected chi connectivity index (χ4v) is 5.43. The van der Waals surface area contributed by atoms with E-state index in [1.807, 2.05) is 97.1 Å². The lowest BCUT2D eigenvalue weighted by atomic mass is 10.0. The number of anilines is 2. The Morgan fingerprint density at radius 1 is 0.932 bits per heavy atom. The smallest absolute Gasteiger partial charge is 0.305 e. The second-order valence-electron chi connectivity index (χ2n) is 12.7. The Labute approximate surface area is 261 Å². The second-order valence-corrected chi connectivity index (χ2v) is 12.7. The van der Waals surface area contributed by atoms with Gasteiger partial charge in [-0.15, -0.1) is 0 Å². The number of fused-ring (bicyclic) bond motifs is 1. The standard InChI is InChI=1S/C37H45N3O4/c1-7-44-35(42)16-11-21-39-24-32(31-14-8-9-15-33(31)39)36(43)28-12-10-13-30(23-28)40(25-34(41)38-37(4,5)6)29-19-17-27(18-20-29)22-26(2)3/h8-10,12-15,17-20,23-24,26H,7,11,16,21-22,25H2,1-6H3,(H,38,41). The summed E-state index contributed by atoms with van der Waals surface area (Å²) in [6.45, 7) is 13.1. The van der Waals surface area contributed by atoms with Crippen molar-refractivity contribution in [3.05, 3.63) is 95.7 Å². The molecule has 3 aromatic carbocycles. The van der Waals surface area contributed by atoms with Crippen molar-refractivity contribution in [2.45, 2.75) is 72.9 Å². The normalized spacial score (nSPS) is 11.5. The lowest BCUT2D eigenvalue weighted by Crippen LogP contribution is -2.45. The molecule has 0 atom stereocenters. The molecule has 0 radical (unpaired) electrons. The van der Waals surface area contributed by atoms with Gasteiger partial charge in [-0.05, 0) is 82.3 Å². The molecule has 232 valence electrons. The summed E-state index contributed by atoms with van der Waals surface area (Å²) in [6, 6.07) is 23.6. The molecule has 0 fully saturated rings. The Bertz CT molecular complexity index is 1600. The molecule has 1 aromatic heterocycles. The molecule has 7 nitrogen and oxygen atoms in total. The highest BCUT2D eigenvalue weighted by Crippen LogP contribution is 2.30. The summed E-state index contributed by atoms with van der Waals surface area (Å²) in [6.07, 6.45) is 3.79. The SMILES string of the molecule is CCOC(=O)CCCn1cc(C(=O)c2cccc(N(CC(=O)NC(C)(C)C)c3ccc(CC(C)C)cc3)c2)c2ccccc21. The van der Waals surface area contributed by atoms with Crippen LogP contribution in [0.3, 0.4) is 0 Å². The monoisotopic (exact) mass is 595 g/mol. The van der Waals surface area contributed by atoms with Gasteiger partial charge in [0.05, 0.1) is 6.61 Å². The molecule has 1 amide bonds. The number of ether oxygens (including phenoxy) is 1. The topological polar surface area (TPSA) is 80.6 Å². The van der Waals surface area contributed by atoms with Crippen LogP contribution < -0.4 is 10.2 Å². The summed E-state index contributed by atoms with van der Waals surface area (Å²) >= 11 is 0. The first kappa shape index (κ1) is 32.5. The zero-order chi connectivity index (χ0) is 31.9. The Kier molecular flexibility index (Phi) is 10.6. The quantitative estimate of drug-likeness (QED) is 0.128. The minimum atomic E-state index is -0.369. The number of ketones is 1. The highest BCUT2D eigenvalue weighted by molar-refractivity contribution is 6.16. The van der Waals surface area contributed by atoms with Crippen molar-refractivity contribution < 1.29 is 19.1 Å². The van der Waals surface area contributed by atoms with Crippen molar-refractivity contribution in [3.63, 3.8) is 0 Å². The van der Waals surface area contributed by atoms with Crippen LogP contribution in [0.15, 0.2) is 79.0 Å². The first-order chi connectivity index (χ1) is 20.9.